The maximum Gasteiger partial charge on any atom is 0.410 e. The lowest BCUT2D eigenvalue weighted by Crippen LogP contribution is -2.51. The highest BCUT2D eigenvalue weighted by atomic mass is 19.1. The fourth-order valence-electron chi connectivity index (χ4n) is 6.29. The first-order chi connectivity index (χ1) is 22.3. The molecule has 12 heteroatoms. The molecule has 6 atom stereocenters. The van der Waals surface area contributed by atoms with Crippen molar-refractivity contribution in [1.29, 1.82) is 0 Å². The van der Waals surface area contributed by atoms with E-state index in [0.29, 0.717) is 68.9 Å². The monoisotopic (exact) mass is 658 g/mol. The molecule has 4 rings (SSSR count). The normalized spacial score (nSPS) is 28.5. The number of carbonyl (C=O) groups excluding carboxylic acids is 3. The maximum atomic E-state index is 14.9. The van der Waals surface area contributed by atoms with Crippen LogP contribution in [0.15, 0.2) is 35.9 Å². The summed E-state index contributed by atoms with van der Waals surface area (Å²) in [6, 6.07) is 4.72. The summed E-state index contributed by atoms with van der Waals surface area (Å²) in [7, 11) is 2.02. The molecule has 260 valence electrons. The number of aliphatic hydroxyl groups is 2. The minimum atomic E-state index is -1.06. The molecule has 0 saturated carbocycles. The molecule has 3 aliphatic heterocycles. The standard InChI is InChI=1S/C35H51FN4O7/c1-23-6-8-30(42)22-32(43)47-33(24(2)7-9-31(23)46-35(45)40-12-10-37(5)11-13-40)25(3)18-27-19-28(36)21-29(20-27)38-14-16-39(17-15-38)34(44)26(4)41/h7,9,18-21,23-24,26,30-31,33,41-42H,6,8,10-17,22H2,1-5H3/b9-7+,25-18+/t23-,24+,26-,30+,31+,33+/m1/s1. The number of carbonyl (C=O) groups is 3. The molecule has 2 amide bonds. The molecule has 3 heterocycles. The van der Waals surface area contributed by atoms with Gasteiger partial charge in [-0.3, -0.25) is 9.59 Å². The second kappa shape index (κ2) is 16.6. The number of esters is 1. The number of hydrogen-bond acceptors (Lipinski definition) is 9. The topological polar surface area (TPSA) is 123 Å². The Morgan fingerprint density at radius 3 is 2.32 bits per heavy atom. The SMILES string of the molecule is C/C(=C\c1cc(F)cc(N2CCN(C(=O)[C@@H](C)O)CC2)c1)[C@H]1OC(=O)C[C@@H](O)CC[C@@H](C)[C@@H](OC(=O)N2CCN(C)CC2)/C=C/[C@@H]1C. The van der Waals surface area contributed by atoms with Crippen molar-refractivity contribution in [3.8, 4) is 0 Å². The molecule has 1 aromatic rings. The largest absolute Gasteiger partial charge is 0.457 e. The van der Waals surface area contributed by atoms with Crippen LogP contribution in [-0.2, 0) is 19.1 Å². The maximum absolute atomic E-state index is 14.9. The molecule has 2 N–H and O–H groups in total. The molecule has 2 fully saturated rings. The number of aliphatic hydroxyl groups excluding tert-OH is 2. The lowest BCUT2D eigenvalue weighted by atomic mass is 9.91. The van der Waals surface area contributed by atoms with E-state index in [1.165, 1.54) is 19.1 Å². The molecule has 0 bridgehead atoms. The third kappa shape index (κ3) is 10.3. The zero-order chi connectivity index (χ0) is 34.2. The summed E-state index contributed by atoms with van der Waals surface area (Å²) in [5.74, 6) is -1.68. The van der Waals surface area contributed by atoms with E-state index in [-0.39, 0.29) is 30.3 Å². The Morgan fingerprint density at radius 1 is 1.00 bits per heavy atom. The fourth-order valence-corrected chi connectivity index (χ4v) is 6.29. The summed E-state index contributed by atoms with van der Waals surface area (Å²) >= 11 is 0. The second-order valence-corrected chi connectivity index (χ2v) is 13.3. The van der Waals surface area contributed by atoms with Crippen LogP contribution in [0, 0.1) is 17.7 Å². The third-order valence-corrected chi connectivity index (χ3v) is 9.32. The van der Waals surface area contributed by atoms with Gasteiger partial charge in [-0.25, -0.2) is 9.18 Å². The van der Waals surface area contributed by atoms with Crippen LogP contribution in [0.25, 0.3) is 6.08 Å². The first kappa shape index (κ1) is 36.4. The number of ether oxygens (including phenoxy) is 2. The van der Waals surface area contributed by atoms with Gasteiger partial charge in [-0.15, -0.1) is 0 Å². The first-order valence-corrected chi connectivity index (χ1v) is 16.7. The summed E-state index contributed by atoms with van der Waals surface area (Å²) in [5, 5.41) is 20.3. The Labute approximate surface area is 277 Å². The first-order valence-electron chi connectivity index (χ1n) is 16.7. The van der Waals surface area contributed by atoms with Gasteiger partial charge in [0.1, 0.15) is 24.1 Å². The van der Waals surface area contributed by atoms with Crippen molar-refractivity contribution >= 4 is 29.7 Å². The number of rotatable bonds is 5. The van der Waals surface area contributed by atoms with E-state index in [1.54, 1.807) is 15.9 Å². The number of cyclic esters (lactones) is 1. The molecule has 2 saturated heterocycles. The van der Waals surface area contributed by atoms with Gasteiger partial charge in [-0.2, -0.15) is 0 Å². The van der Waals surface area contributed by atoms with Crippen LogP contribution < -0.4 is 4.90 Å². The number of amides is 2. The van der Waals surface area contributed by atoms with Gasteiger partial charge < -0.3 is 39.3 Å². The average Bonchev–Trinajstić information content (AvgIpc) is 3.03. The highest BCUT2D eigenvalue weighted by Crippen LogP contribution is 2.28. The molecule has 11 nitrogen and oxygen atoms in total. The van der Waals surface area contributed by atoms with Crippen molar-refractivity contribution in [2.24, 2.45) is 11.8 Å². The van der Waals surface area contributed by atoms with Crippen molar-refractivity contribution in [3.05, 3.63) is 47.3 Å². The van der Waals surface area contributed by atoms with E-state index in [0.717, 1.165) is 13.1 Å². The second-order valence-electron chi connectivity index (χ2n) is 13.3. The molecule has 1 aromatic carbocycles. The summed E-state index contributed by atoms with van der Waals surface area (Å²) in [4.78, 5) is 45.6. The Morgan fingerprint density at radius 2 is 1.66 bits per heavy atom. The van der Waals surface area contributed by atoms with Crippen LogP contribution in [0.5, 0.6) is 0 Å². The van der Waals surface area contributed by atoms with Gasteiger partial charge in [0.15, 0.2) is 0 Å². The number of hydrogen-bond donors (Lipinski definition) is 2. The molecular formula is C35H51FN4O7. The quantitative estimate of drug-likeness (QED) is 0.363. The van der Waals surface area contributed by atoms with Gasteiger partial charge in [-0.05, 0) is 75.1 Å². The number of halogens is 1. The van der Waals surface area contributed by atoms with E-state index in [2.05, 4.69) is 4.90 Å². The molecule has 0 unspecified atom stereocenters. The van der Waals surface area contributed by atoms with Gasteiger partial charge in [0, 0.05) is 64.0 Å². The van der Waals surface area contributed by atoms with E-state index in [4.69, 9.17) is 9.47 Å². The van der Waals surface area contributed by atoms with Crippen LogP contribution in [0.2, 0.25) is 0 Å². The Kier molecular flexibility index (Phi) is 12.8. The number of likely N-dealkylation sites (N-methyl/N-ethyl adjacent to an activating group) is 1. The van der Waals surface area contributed by atoms with Crippen LogP contribution in [0.3, 0.4) is 0 Å². The van der Waals surface area contributed by atoms with E-state index in [9.17, 15) is 29.0 Å². The van der Waals surface area contributed by atoms with E-state index >= 15 is 0 Å². The average molecular weight is 659 g/mol. The molecule has 47 heavy (non-hydrogen) atoms. The molecule has 0 radical (unpaired) electrons. The van der Waals surface area contributed by atoms with E-state index in [1.807, 2.05) is 50.9 Å². The summed E-state index contributed by atoms with van der Waals surface area (Å²) < 4.78 is 26.8. The fraction of sp³-hybridized carbons (Fsp3) is 0.629. The molecule has 0 spiro atoms. The number of piperazine rings is 2. The highest BCUT2D eigenvalue weighted by molar-refractivity contribution is 5.80. The zero-order valence-corrected chi connectivity index (χ0v) is 28.3. The molecular weight excluding hydrogens is 607 g/mol. The Hall–Kier alpha value is -3.48. The minimum absolute atomic E-state index is 0.0900. The zero-order valence-electron chi connectivity index (χ0n) is 28.3. The Bertz CT molecular complexity index is 1300. The van der Waals surface area contributed by atoms with Gasteiger partial charge in [0.2, 0.25) is 0 Å². The predicted octanol–water partition coefficient (Wildman–Crippen LogP) is 3.30. The highest BCUT2D eigenvalue weighted by Gasteiger charge is 2.29. The van der Waals surface area contributed by atoms with Crippen LogP contribution in [0.1, 0.15) is 52.5 Å². The summed E-state index contributed by atoms with van der Waals surface area (Å²) in [6.45, 7) is 11.7. The molecule has 3 aliphatic rings. The van der Waals surface area contributed by atoms with Crippen molar-refractivity contribution in [1.82, 2.24) is 14.7 Å². The van der Waals surface area contributed by atoms with Crippen molar-refractivity contribution < 1.29 is 38.5 Å². The summed E-state index contributed by atoms with van der Waals surface area (Å²) in [6.07, 6.45) is 2.73. The van der Waals surface area contributed by atoms with Crippen molar-refractivity contribution in [2.45, 2.75) is 71.4 Å². The Balaban J connectivity index is 1.53. The smallest absolute Gasteiger partial charge is 0.410 e. The third-order valence-electron chi connectivity index (χ3n) is 9.32. The van der Waals surface area contributed by atoms with Crippen LogP contribution >= 0.6 is 0 Å². The number of anilines is 1. The lowest BCUT2D eigenvalue weighted by molar-refractivity contribution is -0.151. The summed E-state index contributed by atoms with van der Waals surface area (Å²) in [5.41, 5.74) is 1.94. The lowest BCUT2D eigenvalue weighted by Gasteiger charge is -2.36. The van der Waals surface area contributed by atoms with Crippen molar-refractivity contribution in [2.75, 3.05) is 64.3 Å². The minimum Gasteiger partial charge on any atom is -0.457 e. The van der Waals surface area contributed by atoms with Crippen molar-refractivity contribution in [3.63, 3.8) is 0 Å². The van der Waals surface area contributed by atoms with Crippen LogP contribution in [0.4, 0.5) is 14.9 Å². The molecule has 0 aromatic heterocycles. The van der Waals surface area contributed by atoms with Gasteiger partial charge >= 0.3 is 12.1 Å². The van der Waals surface area contributed by atoms with E-state index < -0.39 is 36.2 Å². The van der Waals surface area contributed by atoms with Gasteiger partial charge in [0.25, 0.3) is 5.91 Å². The molecule has 0 aliphatic carbocycles. The number of benzene rings is 1. The predicted molar refractivity (Wildman–Crippen MR) is 177 cm³/mol. The van der Waals surface area contributed by atoms with Crippen LogP contribution in [-0.4, -0.2) is 127 Å². The van der Waals surface area contributed by atoms with Gasteiger partial charge in [-0.1, -0.05) is 26.0 Å². The van der Waals surface area contributed by atoms with Gasteiger partial charge in [0.05, 0.1) is 12.5 Å². The number of nitrogens with zero attached hydrogens (tertiary/aromatic N) is 4.